The minimum atomic E-state index is -1.23. The molecule has 0 amide bonds. The highest BCUT2D eigenvalue weighted by Gasteiger charge is 2.13. The first kappa shape index (κ1) is 21.1. The lowest BCUT2D eigenvalue weighted by Crippen LogP contribution is -2.20. The van der Waals surface area contributed by atoms with Crippen LogP contribution in [0.15, 0.2) is 54.6 Å². The maximum Gasteiger partial charge on any atom is 0.336 e. The summed E-state index contributed by atoms with van der Waals surface area (Å²) in [7, 11) is 0. The highest BCUT2D eigenvalue weighted by Crippen LogP contribution is 2.07. The quantitative estimate of drug-likeness (QED) is 0.354. The molecule has 0 aromatic heterocycles. The molecule has 0 bridgehead atoms. The Balaban J connectivity index is 0.000000391. The highest BCUT2D eigenvalue weighted by atomic mass is 16.4. The van der Waals surface area contributed by atoms with Crippen molar-refractivity contribution in [2.45, 2.75) is 0 Å². The molecule has 0 heterocycles. The summed E-state index contributed by atoms with van der Waals surface area (Å²) in [5.74, 6) is -3.67. The monoisotopic (exact) mass is 347 g/mol. The second kappa shape index (κ2) is 10.8. The van der Waals surface area contributed by atoms with E-state index in [4.69, 9.17) is 20.7 Å². The van der Waals surface area contributed by atoms with Crippen molar-refractivity contribution in [1.82, 2.24) is 0 Å². The number of nitrogens with one attached hydrogen (secondary N) is 1. The Bertz CT molecular complexity index is 710. The van der Waals surface area contributed by atoms with Gasteiger partial charge in [0.15, 0.2) is 5.96 Å². The molecule has 0 saturated heterocycles. The van der Waals surface area contributed by atoms with Crippen LogP contribution in [0.5, 0.6) is 0 Å². The first-order valence-electron chi connectivity index (χ1n) is 6.60. The average molecular weight is 347 g/mol. The number of guanidine groups is 1. The standard InChI is InChI=1S/C8H6O4.C7H6O2.CH5N3/c9-7(10)5-3-1-2-4-6(5)8(11)12;8-7(9)6-4-2-1-3-5-6;2-1(3)4/h1-4H,(H,9,10)(H,11,12);1-5H,(H,8,9);(H5,2,3,4). The van der Waals surface area contributed by atoms with Gasteiger partial charge in [-0.1, -0.05) is 30.3 Å². The van der Waals surface area contributed by atoms with Gasteiger partial charge in [0.25, 0.3) is 0 Å². The van der Waals surface area contributed by atoms with Gasteiger partial charge in [-0.3, -0.25) is 5.41 Å². The molecule has 9 nitrogen and oxygen atoms in total. The van der Waals surface area contributed by atoms with Gasteiger partial charge in [-0.2, -0.15) is 0 Å². The van der Waals surface area contributed by atoms with Crippen LogP contribution >= 0.6 is 0 Å². The molecule has 132 valence electrons. The van der Waals surface area contributed by atoms with Crippen LogP contribution in [0, 0.1) is 5.41 Å². The zero-order valence-electron chi connectivity index (χ0n) is 12.9. The maximum absolute atomic E-state index is 10.5. The zero-order chi connectivity index (χ0) is 19.4. The molecule has 0 atom stereocenters. The van der Waals surface area contributed by atoms with Gasteiger partial charge in [-0.05, 0) is 24.3 Å². The van der Waals surface area contributed by atoms with Crippen molar-refractivity contribution in [3.63, 3.8) is 0 Å². The van der Waals surface area contributed by atoms with Gasteiger partial charge in [0.2, 0.25) is 0 Å². The summed E-state index contributed by atoms with van der Waals surface area (Å²) >= 11 is 0. The third-order valence-corrected chi connectivity index (χ3v) is 2.41. The van der Waals surface area contributed by atoms with Crippen LogP contribution in [0.3, 0.4) is 0 Å². The molecule has 0 aliphatic rings. The van der Waals surface area contributed by atoms with Crippen LogP contribution in [0.1, 0.15) is 31.1 Å². The second-order valence-electron chi connectivity index (χ2n) is 4.28. The van der Waals surface area contributed by atoms with E-state index in [1.807, 2.05) is 0 Å². The van der Waals surface area contributed by atoms with Crippen molar-refractivity contribution in [2.75, 3.05) is 0 Å². The van der Waals surface area contributed by atoms with Crippen molar-refractivity contribution in [3.05, 3.63) is 71.3 Å². The van der Waals surface area contributed by atoms with Crippen molar-refractivity contribution >= 4 is 23.9 Å². The number of hydrogen-bond donors (Lipinski definition) is 6. The van der Waals surface area contributed by atoms with Gasteiger partial charge in [0.05, 0.1) is 16.7 Å². The number of hydrogen-bond acceptors (Lipinski definition) is 4. The van der Waals surface area contributed by atoms with E-state index in [0.717, 1.165) is 0 Å². The Hall–Kier alpha value is -3.88. The topological polar surface area (TPSA) is 188 Å². The fourth-order valence-corrected chi connectivity index (χ4v) is 1.44. The summed E-state index contributed by atoms with van der Waals surface area (Å²) in [4.78, 5) is 31.1. The molecule has 9 heteroatoms. The summed E-state index contributed by atoms with van der Waals surface area (Å²) in [6.07, 6.45) is 0. The van der Waals surface area contributed by atoms with Gasteiger partial charge in [-0.25, -0.2) is 14.4 Å². The molecule has 0 spiro atoms. The highest BCUT2D eigenvalue weighted by molar-refractivity contribution is 6.01. The normalized spacial score (nSPS) is 8.64. The van der Waals surface area contributed by atoms with Gasteiger partial charge < -0.3 is 26.8 Å². The molecule has 25 heavy (non-hydrogen) atoms. The van der Waals surface area contributed by atoms with Crippen LogP contribution < -0.4 is 11.5 Å². The summed E-state index contributed by atoms with van der Waals surface area (Å²) in [5.41, 5.74) is 8.90. The molecular formula is C16H17N3O6. The Labute approximate surface area is 142 Å². The summed E-state index contributed by atoms with van der Waals surface area (Å²) < 4.78 is 0. The van der Waals surface area contributed by atoms with Crippen LogP contribution in [0.2, 0.25) is 0 Å². The number of carboxylic acids is 3. The lowest BCUT2D eigenvalue weighted by Gasteiger charge is -1.98. The second-order valence-corrected chi connectivity index (χ2v) is 4.28. The van der Waals surface area contributed by atoms with E-state index in [1.165, 1.54) is 24.3 Å². The Kier molecular flexibility index (Phi) is 9.11. The van der Waals surface area contributed by atoms with Crippen LogP contribution in [-0.4, -0.2) is 39.2 Å². The molecule has 2 aromatic carbocycles. The number of carbonyl (C=O) groups is 3. The Morgan fingerprint density at radius 1 is 0.680 bits per heavy atom. The Morgan fingerprint density at radius 3 is 1.24 bits per heavy atom. The third-order valence-electron chi connectivity index (χ3n) is 2.41. The number of benzene rings is 2. The lowest BCUT2D eigenvalue weighted by molar-refractivity contribution is 0.0651. The minimum absolute atomic E-state index is 0.190. The largest absolute Gasteiger partial charge is 0.478 e. The molecule has 8 N–H and O–H groups in total. The van der Waals surface area contributed by atoms with E-state index in [9.17, 15) is 14.4 Å². The lowest BCUT2D eigenvalue weighted by atomic mass is 10.1. The zero-order valence-corrected chi connectivity index (χ0v) is 12.9. The summed E-state index contributed by atoms with van der Waals surface area (Å²) in [6, 6.07) is 13.8. The molecule has 2 aromatic rings. The molecule has 0 unspecified atom stereocenters. The van der Waals surface area contributed by atoms with E-state index in [1.54, 1.807) is 30.3 Å². The predicted molar refractivity (Wildman–Crippen MR) is 89.9 cm³/mol. The van der Waals surface area contributed by atoms with E-state index in [-0.39, 0.29) is 17.1 Å². The fraction of sp³-hybridized carbons (Fsp3) is 0. The predicted octanol–water partition coefficient (Wildman–Crippen LogP) is 1.31. The van der Waals surface area contributed by atoms with Crippen molar-refractivity contribution in [2.24, 2.45) is 11.5 Å². The third kappa shape index (κ3) is 8.98. The van der Waals surface area contributed by atoms with Gasteiger partial charge >= 0.3 is 17.9 Å². The van der Waals surface area contributed by atoms with Gasteiger partial charge in [-0.15, -0.1) is 0 Å². The molecule has 0 aliphatic heterocycles. The Morgan fingerprint density at radius 2 is 1.00 bits per heavy atom. The summed E-state index contributed by atoms with van der Waals surface area (Å²) in [6.45, 7) is 0. The SMILES string of the molecule is N=C(N)N.O=C(O)c1ccccc1.O=C(O)c1ccccc1C(=O)O. The first-order valence-corrected chi connectivity index (χ1v) is 6.60. The van der Waals surface area contributed by atoms with Crippen molar-refractivity contribution < 1.29 is 29.7 Å². The van der Waals surface area contributed by atoms with Crippen LogP contribution in [0.4, 0.5) is 0 Å². The van der Waals surface area contributed by atoms with E-state index < -0.39 is 17.9 Å². The smallest absolute Gasteiger partial charge is 0.336 e. The molecule has 0 fully saturated rings. The molecule has 0 radical (unpaired) electrons. The number of carboxylic acid groups (broad SMARTS) is 3. The van der Waals surface area contributed by atoms with E-state index in [0.29, 0.717) is 5.56 Å². The number of aromatic carboxylic acids is 3. The van der Waals surface area contributed by atoms with Crippen molar-refractivity contribution in [3.8, 4) is 0 Å². The molecule has 0 aliphatic carbocycles. The fourth-order valence-electron chi connectivity index (χ4n) is 1.44. The van der Waals surface area contributed by atoms with Gasteiger partial charge in [0.1, 0.15) is 0 Å². The average Bonchev–Trinajstić information content (AvgIpc) is 2.55. The molecule has 0 saturated carbocycles. The maximum atomic E-state index is 10.5. The number of nitrogens with two attached hydrogens (primary N) is 2. The molecular weight excluding hydrogens is 330 g/mol. The van der Waals surface area contributed by atoms with Crippen LogP contribution in [-0.2, 0) is 0 Å². The van der Waals surface area contributed by atoms with E-state index >= 15 is 0 Å². The van der Waals surface area contributed by atoms with E-state index in [2.05, 4.69) is 11.5 Å². The van der Waals surface area contributed by atoms with Crippen molar-refractivity contribution in [1.29, 1.82) is 5.41 Å². The molecule has 2 rings (SSSR count). The number of rotatable bonds is 3. The van der Waals surface area contributed by atoms with Gasteiger partial charge in [0, 0.05) is 0 Å². The van der Waals surface area contributed by atoms with Crippen LogP contribution in [0.25, 0.3) is 0 Å². The summed E-state index contributed by atoms with van der Waals surface area (Å²) in [5, 5.41) is 31.5. The minimum Gasteiger partial charge on any atom is -0.478 e. The first-order chi connectivity index (χ1) is 11.7.